The molecule has 0 atom stereocenters. The number of benzene rings is 1. The molecule has 5 nitrogen and oxygen atoms in total. The SMILES string of the molecule is CCc1cccc(C)c1NC(=O)c1ccnc(NC2CCCC2)n1. The van der Waals surface area contributed by atoms with E-state index >= 15 is 0 Å². The zero-order chi connectivity index (χ0) is 16.9. The van der Waals surface area contributed by atoms with Crippen molar-refractivity contribution >= 4 is 17.5 Å². The maximum absolute atomic E-state index is 12.6. The summed E-state index contributed by atoms with van der Waals surface area (Å²) in [4.78, 5) is 21.2. The predicted octanol–water partition coefficient (Wildman–Crippen LogP) is 3.95. The minimum atomic E-state index is -0.198. The first-order valence-corrected chi connectivity index (χ1v) is 8.67. The van der Waals surface area contributed by atoms with Crippen molar-refractivity contribution in [1.29, 1.82) is 0 Å². The first kappa shape index (κ1) is 16.4. The van der Waals surface area contributed by atoms with Crippen LogP contribution in [0.3, 0.4) is 0 Å². The van der Waals surface area contributed by atoms with Crippen molar-refractivity contribution in [3.63, 3.8) is 0 Å². The Morgan fingerprint density at radius 1 is 1.25 bits per heavy atom. The molecule has 24 heavy (non-hydrogen) atoms. The largest absolute Gasteiger partial charge is 0.351 e. The second kappa shape index (κ2) is 7.43. The second-order valence-corrected chi connectivity index (χ2v) is 6.31. The van der Waals surface area contributed by atoms with Gasteiger partial charge in [0, 0.05) is 17.9 Å². The van der Waals surface area contributed by atoms with Gasteiger partial charge < -0.3 is 10.6 Å². The molecule has 1 aromatic carbocycles. The quantitative estimate of drug-likeness (QED) is 0.874. The molecule has 1 fully saturated rings. The van der Waals surface area contributed by atoms with Crippen LogP contribution in [0.2, 0.25) is 0 Å². The van der Waals surface area contributed by atoms with E-state index in [0.717, 1.165) is 36.1 Å². The maximum atomic E-state index is 12.6. The molecule has 126 valence electrons. The van der Waals surface area contributed by atoms with Crippen LogP contribution < -0.4 is 10.6 Å². The molecule has 1 saturated carbocycles. The van der Waals surface area contributed by atoms with Gasteiger partial charge in [-0.05, 0) is 43.4 Å². The number of para-hydroxylation sites is 1. The van der Waals surface area contributed by atoms with Gasteiger partial charge in [0.1, 0.15) is 5.69 Å². The fourth-order valence-corrected chi connectivity index (χ4v) is 3.19. The van der Waals surface area contributed by atoms with Crippen LogP contribution in [-0.2, 0) is 6.42 Å². The van der Waals surface area contributed by atoms with E-state index in [4.69, 9.17) is 0 Å². The molecule has 1 heterocycles. The third kappa shape index (κ3) is 3.72. The molecule has 1 aromatic heterocycles. The number of rotatable bonds is 5. The Bertz CT molecular complexity index is 723. The molecule has 0 aliphatic heterocycles. The lowest BCUT2D eigenvalue weighted by atomic mass is 10.1. The molecule has 1 amide bonds. The molecule has 0 radical (unpaired) electrons. The van der Waals surface area contributed by atoms with Crippen LogP contribution >= 0.6 is 0 Å². The summed E-state index contributed by atoms with van der Waals surface area (Å²) >= 11 is 0. The zero-order valence-electron chi connectivity index (χ0n) is 14.3. The van der Waals surface area contributed by atoms with Crippen molar-refractivity contribution in [2.45, 2.75) is 52.0 Å². The molecule has 1 aliphatic carbocycles. The van der Waals surface area contributed by atoms with Gasteiger partial charge in [-0.25, -0.2) is 9.97 Å². The monoisotopic (exact) mass is 324 g/mol. The van der Waals surface area contributed by atoms with Gasteiger partial charge in [-0.1, -0.05) is 38.0 Å². The Morgan fingerprint density at radius 2 is 2.04 bits per heavy atom. The van der Waals surface area contributed by atoms with Crippen LogP contribution in [0.4, 0.5) is 11.6 Å². The molecule has 3 rings (SSSR count). The highest BCUT2D eigenvalue weighted by molar-refractivity contribution is 6.03. The summed E-state index contributed by atoms with van der Waals surface area (Å²) in [6, 6.07) is 8.13. The minimum absolute atomic E-state index is 0.198. The molecule has 1 aliphatic rings. The standard InChI is InChI=1S/C19H24N4O/c1-3-14-8-6-7-13(2)17(14)23-18(24)16-11-12-20-19(22-16)21-15-9-4-5-10-15/h6-8,11-12,15H,3-5,9-10H2,1-2H3,(H,23,24)(H,20,21,22). The number of aryl methyl sites for hydroxylation is 2. The fraction of sp³-hybridized carbons (Fsp3) is 0.421. The van der Waals surface area contributed by atoms with Crippen molar-refractivity contribution in [1.82, 2.24) is 9.97 Å². The Labute approximate surface area is 142 Å². The highest BCUT2D eigenvalue weighted by atomic mass is 16.1. The summed E-state index contributed by atoms with van der Waals surface area (Å²) in [5.41, 5.74) is 3.45. The van der Waals surface area contributed by atoms with E-state index in [1.54, 1.807) is 12.3 Å². The van der Waals surface area contributed by atoms with Gasteiger partial charge in [0.15, 0.2) is 0 Å². The smallest absolute Gasteiger partial charge is 0.274 e. The Hall–Kier alpha value is -2.43. The van der Waals surface area contributed by atoms with Crippen molar-refractivity contribution in [2.24, 2.45) is 0 Å². The molecular weight excluding hydrogens is 300 g/mol. The van der Waals surface area contributed by atoms with Gasteiger partial charge in [-0.15, -0.1) is 0 Å². The molecule has 2 N–H and O–H groups in total. The number of nitrogens with zero attached hydrogens (tertiary/aromatic N) is 2. The lowest BCUT2D eigenvalue weighted by Gasteiger charge is -2.14. The lowest BCUT2D eigenvalue weighted by Crippen LogP contribution is -2.20. The van der Waals surface area contributed by atoms with Crippen molar-refractivity contribution < 1.29 is 4.79 Å². The second-order valence-electron chi connectivity index (χ2n) is 6.31. The first-order valence-electron chi connectivity index (χ1n) is 8.67. The number of aromatic nitrogens is 2. The maximum Gasteiger partial charge on any atom is 0.274 e. The van der Waals surface area contributed by atoms with Crippen molar-refractivity contribution in [3.05, 3.63) is 47.3 Å². The van der Waals surface area contributed by atoms with Gasteiger partial charge in [0.05, 0.1) is 0 Å². The van der Waals surface area contributed by atoms with Crippen LogP contribution in [0.1, 0.15) is 54.2 Å². The topological polar surface area (TPSA) is 66.9 Å². The van der Waals surface area contributed by atoms with Gasteiger partial charge in [0.25, 0.3) is 5.91 Å². The highest BCUT2D eigenvalue weighted by Crippen LogP contribution is 2.22. The van der Waals surface area contributed by atoms with Gasteiger partial charge in [-0.3, -0.25) is 4.79 Å². The predicted molar refractivity (Wildman–Crippen MR) is 96.4 cm³/mol. The third-order valence-electron chi connectivity index (χ3n) is 4.56. The first-order chi connectivity index (χ1) is 11.7. The van der Waals surface area contributed by atoms with Crippen molar-refractivity contribution in [3.8, 4) is 0 Å². The van der Waals surface area contributed by atoms with E-state index in [9.17, 15) is 4.79 Å². The molecule has 0 saturated heterocycles. The number of hydrogen-bond donors (Lipinski definition) is 2. The molecule has 0 spiro atoms. The zero-order valence-corrected chi connectivity index (χ0v) is 14.3. The fourth-order valence-electron chi connectivity index (χ4n) is 3.19. The van der Waals surface area contributed by atoms with E-state index < -0.39 is 0 Å². The van der Waals surface area contributed by atoms with Gasteiger partial charge >= 0.3 is 0 Å². The minimum Gasteiger partial charge on any atom is -0.351 e. The van der Waals surface area contributed by atoms with E-state index in [1.807, 2.05) is 25.1 Å². The number of amides is 1. The Morgan fingerprint density at radius 3 is 2.79 bits per heavy atom. The summed E-state index contributed by atoms with van der Waals surface area (Å²) in [5.74, 6) is 0.339. The average Bonchev–Trinajstić information content (AvgIpc) is 3.10. The van der Waals surface area contributed by atoms with Crippen LogP contribution in [-0.4, -0.2) is 21.9 Å². The van der Waals surface area contributed by atoms with E-state index in [2.05, 4.69) is 27.5 Å². The van der Waals surface area contributed by atoms with Crippen LogP contribution in [0.25, 0.3) is 0 Å². The molecule has 5 heteroatoms. The summed E-state index contributed by atoms with van der Waals surface area (Å²) in [5, 5.41) is 6.34. The van der Waals surface area contributed by atoms with E-state index in [1.165, 1.54) is 12.8 Å². The van der Waals surface area contributed by atoms with E-state index in [0.29, 0.717) is 17.7 Å². The number of nitrogens with one attached hydrogen (secondary N) is 2. The Balaban J connectivity index is 1.75. The molecule has 2 aromatic rings. The number of carbonyl (C=O) groups is 1. The van der Waals surface area contributed by atoms with Crippen LogP contribution in [0, 0.1) is 6.92 Å². The summed E-state index contributed by atoms with van der Waals surface area (Å²) < 4.78 is 0. The van der Waals surface area contributed by atoms with Gasteiger partial charge in [0.2, 0.25) is 5.95 Å². The third-order valence-corrected chi connectivity index (χ3v) is 4.56. The van der Waals surface area contributed by atoms with E-state index in [-0.39, 0.29) is 5.91 Å². The summed E-state index contributed by atoms with van der Waals surface area (Å²) in [6.45, 7) is 4.08. The van der Waals surface area contributed by atoms with Crippen LogP contribution in [0.15, 0.2) is 30.5 Å². The Kier molecular flexibility index (Phi) is 5.08. The normalized spacial score (nSPS) is 14.6. The summed E-state index contributed by atoms with van der Waals surface area (Å²) in [6.07, 6.45) is 7.27. The lowest BCUT2D eigenvalue weighted by molar-refractivity contribution is 0.102. The summed E-state index contributed by atoms with van der Waals surface area (Å²) in [7, 11) is 0. The van der Waals surface area contributed by atoms with Crippen molar-refractivity contribution in [2.75, 3.05) is 10.6 Å². The molecule has 0 unspecified atom stereocenters. The molecular formula is C19H24N4O. The number of hydrogen-bond acceptors (Lipinski definition) is 4. The number of anilines is 2. The molecule has 0 bridgehead atoms. The van der Waals surface area contributed by atoms with Gasteiger partial charge in [-0.2, -0.15) is 0 Å². The average molecular weight is 324 g/mol. The highest BCUT2D eigenvalue weighted by Gasteiger charge is 2.17. The number of carbonyl (C=O) groups excluding carboxylic acids is 1. The van der Waals surface area contributed by atoms with Crippen LogP contribution in [0.5, 0.6) is 0 Å².